The van der Waals surface area contributed by atoms with Gasteiger partial charge in [0.05, 0.1) is 12.7 Å². The molecule has 10 heteroatoms. The number of benzene rings is 3. The van der Waals surface area contributed by atoms with Crippen LogP contribution in [0.25, 0.3) is 0 Å². The molecule has 0 spiro atoms. The van der Waals surface area contributed by atoms with Crippen LogP contribution in [0.4, 0.5) is 0 Å². The van der Waals surface area contributed by atoms with Crippen molar-refractivity contribution in [2.45, 2.75) is 71.7 Å². The lowest BCUT2D eigenvalue weighted by Crippen LogP contribution is -2.56. The number of amides is 3. The molecule has 0 aliphatic carbocycles. The number of nitrogens with one attached hydrogen (secondary N) is 3. The summed E-state index contributed by atoms with van der Waals surface area (Å²) in [7, 11) is 1.27. The maximum atomic E-state index is 13.8. The lowest BCUT2D eigenvalue weighted by molar-refractivity contribution is -0.145. The standard InChI is InChI=1S/C36H44ClN3O6/c1-23(2)18-29(38-33(41)28-21-27(37)16-17-32(28)46-22-26-14-10-7-11-15-26)34(42)39-30(20-25-12-8-6-9-13-25)35(43)40-31(19-24(3)4)36(44)45-5/h6-17,21,23-24,29-31H,18-20,22H2,1-5H3,(H,38,41)(H,39,42)(H,40,43)/t29-,30-,31+/m0/s1. The van der Waals surface area contributed by atoms with Gasteiger partial charge in [0, 0.05) is 11.4 Å². The third-order valence-electron chi connectivity index (χ3n) is 7.18. The zero-order valence-corrected chi connectivity index (χ0v) is 27.8. The monoisotopic (exact) mass is 649 g/mol. The Labute approximate surface area is 276 Å². The van der Waals surface area contributed by atoms with Gasteiger partial charge in [-0.15, -0.1) is 0 Å². The number of carbonyl (C=O) groups excluding carboxylic acids is 4. The van der Waals surface area contributed by atoms with Gasteiger partial charge in [0.1, 0.15) is 30.5 Å². The molecule has 3 rings (SSSR count). The van der Waals surface area contributed by atoms with Crippen molar-refractivity contribution in [3.63, 3.8) is 0 Å². The first-order valence-electron chi connectivity index (χ1n) is 15.5. The molecular weight excluding hydrogens is 606 g/mol. The quantitative estimate of drug-likeness (QED) is 0.176. The summed E-state index contributed by atoms with van der Waals surface area (Å²) in [6, 6.07) is 20.6. The van der Waals surface area contributed by atoms with Crippen LogP contribution >= 0.6 is 11.6 Å². The highest BCUT2D eigenvalue weighted by Crippen LogP contribution is 2.24. The van der Waals surface area contributed by atoms with Gasteiger partial charge in [0.25, 0.3) is 5.91 Å². The zero-order valence-electron chi connectivity index (χ0n) is 27.0. The molecule has 0 unspecified atom stereocenters. The number of methoxy groups -OCH3 is 1. The van der Waals surface area contributed by atoms with Gasteiger partial charge in [-0.25, -0.2) is 4.79 Å². The van der Waals surface area contributed by atoms with Crippen LogP contribution in [-0.4, -0.2) is 48.9 Å². The Morgan fingerprint density at radius 3 is 1.83 bits per heavy atom. The topological polar surface area (TPSA) is 123 Å². The van der Waals surface area contributed by atoms with Crippen molar-refractivity contribution in [3.05, 3.63) is 101 Å². The number of hydrogen-bond acceptors (Lipinski definition) is 6. The third kappa shape index (κ3) is 11.5. The molecule has 246 valence electrons. The van der Waals surface area contributed by atoms with E-state index in [1.165, 1.54) is 13.2 Å². The Hall–Kier alpha value is -4.37. The summed E-state index contributed by atoms with van der Waals surface area (Å²) in [5.41, 5.74) is 1.91. The second-order valence-electron chi connectivity index (χ2n) is 12.0. The minimum absolute atomic E-state index is 0.0281. The van der Waals surface area contributed by atoms with Crippen LogP contribution in [0, 0.1) is 11.8 Å². The normalized spacial score (nSPS) is 13.0. The van der Waals surface area contributed by atoms with Gasteiger partial charge < -0.3 is 25.4 Å². The minimum atomic E-state index is -1.03. The maximum absolute atomic E-state index is 13.8. The Balaban J connectivity index is 1.83. The fourth-order valence-corrected chi connectivity index (χ4v) is 5.08. The Morgan fingerprint density at radius 2 is 1.24 bits per heavy atom. The molecule has 0 bridgehead atoms. The minimum Gasteiger partial charge on any atom is -0.488 e. The summed E-state index contributed by atoms with van der Waals surface area (Å²) in [5, 5.41) is 8.78. The average molecular weight is 650 g/mol. The third-order valence-corrected chi connectivity index (χ3v) is 7.41. The average Bonchev–Trinajstić information content (AvgIpc) is 3.03. The van der Waals surface area contributed by atoms with E-state index in [0.29, 0.717) is 23.6 Å². The molecule has 9 nitrogen and oxygen atoms in total. The molecular formula is C36H44ClN3O6. The van der Waals surface area contributed by atoms with Crippen molar-refractivity contribution < 1.29 is 28.7 Å². The first kappa shape index (κ1) is 36.1. The van der Waals surface area contributed by atoms with Crippen LogP contribution in [-0.2, 0) is 32.1 Å². The smallest absolute Gasteiger partial charge is 0.328 e. The number of esters is 1. The summed E-state index contributed by atoms with van der Waals surface area (Å²) < 4.78 is 10.9. The van der Waals surface area contributed by atoms with Crippen molar-refractivity contribution in [1.29, 1.82) is 0 Å². The van der Waals surface area contributed by atoms with E-state index in [2.05, 4.69) is 16.0 Å². The van der Waals surface area contributed by atoms with Gasteiger partial charge in [-0.1, -0.05) is 100.0 Å². The number of ether oxygens (including phenoxy) is 2. The molecule has 3 amide bonds. The lowest BCUT2D eigenvalue weighted by Gasteiger charge is -2.26. The molecule has 3 atom stereocenters. The first-order valence-corrected chi connectivity index (χ1v) is 15.8. The van der Waals surface area contributed by atoms with Crippen molar-refractivity contribution in [1.82, 2.24) is 16.0 Å². The number of rotatable bonds is 16. The Morgan fingerprint density at radius 1 is 0.696 bits per heavy atom. The first-order chi connectivity index (χ1) is 22.0. The molecule has 0 saturated heterocycles. The fourth-order valence-electron chi connectivity index (χ4n) is 4.91. The fraction of sp³-hybridized carbons (Fsp3) is 0.389. The van der Waals surface area contributed by atoms with Gasteiger partial charge in [-0.05, 0) is 54.0 Å². The molecule has 0 radical (unpaired) electrons. The predicted molar refractivity (Wildman–Crippen MR) is 178 cm³/mol. The van der Waals surface area contributed by atoms with E-state index in [9.17, 15) is 19.2 Å². The van der Waals surface area contributed by atoms with E-state index in [1.807, 2.05) is 88.4 Å². The molecule has 3 N–H and O–H groups in total. The van der Waals surface area contributed by atoms with Gasteiger partial charge in [0.2, 0.25) is 11.8 Å². The number of carbonyl (C=O) groups is 4. The highest BCUT2D eigenvalue weighted by atomic mass is 35.5. The summed E-state index contributed by atoms with van der Waals surface area (Å²) in [6.07, 6.45) is 0.836. The van der Waals surface area contributed by atoms with Crippen LogP contribution < -0.4 is 20.7 Å². The molecule has 0 heterocycles. The summed E-state index contributed by atoms with van der Waals surface area (Å²) >= 11 is 6.26. The maximum Gasteiger partial charge on any atom is 0.328 e. The van der Waals surface area contributed by atoms with E-state index < -0.39 is 41.8 Å². The van der Waals surface area contributed by atoms with E-state index >= 15 is 0 Å². The van der Waals surface area contributed by atoms with Crippen LogP contribution in [0.15, 0.2) is 78.9 Å². The predicted octanol–water partition coefficient (Wildman–Crippen LogP) is 5.49. The van der Waals surface area contributed by atoms with Gasteiger partial charge in [0.15, 0.2) is 0 Å². The number of halogens is 1. The number of hydrogen-bond donors (Lipinski definition) is 3. The molecule has 3 aromatic rings. The summed E-state index contributed by atoms with van der Waals surface area (Å²) in [6.45, 7) is 7.96. The van der Waals surface area contributed by atoms with Gasteiger partial charge in [-0.2, -0.15) is 0 Å². The van der Waals surface area contributed by atoms with Crippen molar-refractivity contribution in [2.75, 3.05) is 7.11 Å². The second-order valence-corrected chi connectivity index (χ2v) is 12.5. The largest absolute Gasteiger partial charge is 0.488 e. The van der Waals surface area contributed by atoms with E-state index in [0.717, 1.165) is 11.1 Å². The van der Waals surface area contributed by atoms with Crippen molar-refractivity contribution in [3.8, 4) is 5.75 Å². The Bertz CT molecular complexity index is 1450. The van der Waals surface area contributed by atoms with Gasteiger partial charge >= 0.3 is 5.97 Å². The molecule has 46 heavy (non-hydrogen) atoms. The van der Waals surface area contributed by atoms with Crippen LogP contribution in [0.2, 0.25) is 5.02 Å². The van der Waals surface area contributed by atoms with E-state index in [-0.39, 0.29) is 30.4 Å². The van der Waals surface area contributed by atoms with Crippen LogP contribution in [0.3, 0.4) is 0 Å². The van der Waals surface area contributed by atoms with Crippen LogP contribution in [0.5, 0.6) is 5.75 Å². The summed E-state index contributed by atoms with van der Waals surface area (Å²) in [4.78, 5) is 53.5. The molecule has 0 aromatic heterocycles. The highest BCUT2D eigenvalue weighted by molar-refractivity contribution is 6.31. The lowest BCUT2D eigenvalue weighted by atomic mass is 9.99. The summed E-state index contributed by atoms with van der Waals surface area (Å²) in [5.74, 6) is -1.73. The second kappa shape index (κ2) is 17.9. The van der Waals surface area contributed by atoms with E-state index in [4.69, 9.17) is 21.1 Å². The van der Waals surface area contributed by atoms with Crippen LogP contribution in [0.1, 0.15) is 62.0 Å². The molecule has 0 fully saturated rings. The van der Waals surface area contributed by atoms with Crippen molar-refractivity contribution >= 4 is 35.3 Å². The van der Waals surface area contributed by atoms with E-state index in [1.54, 1.807) is 12.1 Å². The Kier molecular flexibility index (Phi) is 14.1. The molecule has 0 aliphatic heterocycles. The zero-order chi connectivity index (χ0) is 33.6. The van der Waals surface area contributed by atoms with Crippen molar-refractivity contribution in [2.24, 2.45) is 11.8 Å². The molecule has 3 aromatic carbocycles. The molecule has 0 aliphatic rings. The van der Waals surface area contributed by atoms with Gasteiger partial charge in [-0.3, -0.25) is 14.4 Å². The molecule has 0 saturated carbocycles. The highest BCUT2D eigenvalue weighted by Gasteiger charge is 2.31. The SMILES string of the molecule is COC(=O)[C@@H](CC(C)C)NC(=O)[C@H](Cc1ccccc1)NC(=O)[C@H](CC(C)C)NC(=O)c1cc(Cl)ccc1OCc1ccccc1.